The highest BCUT2D eigenvalue weighted by atomic mass is 32.1. The van der Waals surface area contributed by atoms with E-state index in [2.05, 4.69) is 24.4 Å². The average Bonchev–Trinajstić information content (AvgIpc) is 2.77. The Kier molecular flexibility index (Phi) is 4.45. The van der Waals surface area contributed by atoms with Crippen LogP contribution in [0.25, 0.3) is 0 Å². The molecule has 1 amide bonds. The van der Waals surface area contributed by atoms with Crippen LogP contribution in [0.1, 0.15) is 32.6 Å². The minimum absolute atomic E-state index is 0.0718. The second-order valence-corrected chi connectivity index (χ2v) is 6.53. The van der Waals surface area contributed by atoms with Crippen LogP contribution in [0.2, 0.25) is 0 Å². The van der Waals surface area contributed by atoms with E-state index in [-0.39, 0.29) is 11.9 Å². The maximum atomic E-state index is 12.2. The second-order valence-electron chi connectivity index (χ2n) is 5.16. The van der Waals surface area contributed by atoms with Crippen molar-refractivity contribution in [3.63, 3.8) is 0 Å². The lowest BCUT2D eigenvalue weighted by Crippen LogP contribution is -2.33. The number of hydrogen-bond acceptors (Lipinski definition) is 3. The first-order chi connectivity index (χ1) is 9.45. The van der Waals surface area contributed by atoms with Gasteiger partial charge < -0.3 is 11.1 Å². The molecule has 106 valence electrons. The molecule has 1 heterocycles. The first-order valence-electron chi connectivity index (χ1n) is 6.68. The summed E-state index contributed by atoms with van der Waals surface area (Å²) in [5.41, 5.74) is 8.09. The van der Waals surface area contributed by atoms with Crippen molar-refractivity contribution in [1.29, 1.82) is 0 Å². The van der Waals surface area contributed by atoms with Gasteiger partial charge in [-0.15, -0.1) is 11.3 Å². The Balaban J connectivity index is 1.98. The van der Waals surface area contributed by atoms with Crippen LogP contribution in [0.5, 0.6) is 0 Å². The van der Waals surface area contributed by atoms with E-state index in [1.807, 2.05) is 26.0 Å². The van der Waals surface area contributed by atoms with Gasteiger partial charge in [0, 0.05) is 33.5 Å². The molecule has 0 fully saturated rings. The van der Waals surface area contributed by atoms with Crippen LogP contribution in [0.3, 0.4) is 0 Å². The molecule has 0 saturated carbocycles. The molecule has 2 aromatic rings. The quantitative estimate of drug-likeness (QED) is 0.848. The Morgan fingerprint density at radius 1 is 1.30 bits per heavy atom. The third-order valence-corrected chi connectivity index (χ3v) is 4.25. The van der Waals surface area contributed by atoms with Crippen molar-refractivity contribution in [1.82, 2.24) is 5.32 Å². The number of benzene rings is 1. The molecule has 0 radical (unpaired) electrons. The van der Waals surface area contributed by atoms with Gasteiger partial charge in [-0.2, -0.15) is 0 Å². The number of anilines is 1. The van der Waals surface area contributed by atoms with Gasteiger partial charge in [-0.3, -0.25) is 4.79 Å². The largest absolute Gasteiger partial charge is 0.398 e. The minimum atomic E-state index is -0.0718. The fraction of sp³-hybridized carbons (Fsp3) is 0.312. The van der Waals surface area contributed by atoms with E-state index in [9.17, 15) is 4.79 Å². The zero-order valence-corrected chi connectivity index (χ0v) is 12.9. The summed E-state index contributed by atoms with van der Waals surface area (Å²) in [5, 5.41) is 3.01. The van der Waals surface area contributed by atoms with E-state index in [1.54, 1.807) is 17.4 Å². The molecular formula is C16H20N2OS. The maximum Gasteiger partial charge on any atom is 0.251 e. The van der Waals surface area contributed by atoms with E-state index in [0.29, 0.717) is 11.3 Å². The topological polar surface area (TPSA) is 55.1 Å². The number of hydrogen-bond donors (Lipinski definition) is 2. The fourth-order valence-electron chi connectivity index (χ4n) is 2.04. The molecule has 0 saturated heterocycles. The van der Waals surface area contributed by atoms with Gasteiger partial charge in [-0.05, 0) is 50.6 Å². The summed E-state index contributed by atoms with van der Waals surface area (Å²) in [6.07, 6.45) is 0.853. The van der Waals surface area contributed by atoms with Crippen molar-refractivity contribution in [3.05, 3.63) is 51.2 Å². The highest BCUT2D eigenvalue weighted by Gasteiger charge is 2.11. The van der Waals surface area contributed by atoms with Gasteiger partial charge >= 0.3 is 0 Å². The molecule has 20 heavy (non-hydrogen) atoms. The third-order valence-electron chi connectivity index (χ3n) is 3.22. The van der Waals surface area contributed by atoms with E-state index in [0.717, 1.165) is 12.0 Å². The zero-order chi connectivity index (χ0) is 14.7. The number of amides is 1. The molecule has 0 aliphatic carbocycles. The normalized spacial score (nSPS) is 12.2. The van der Waals surface area contributed by atoms with Crippen LogP contribution in [-0.4, -0.2) is 11.9 Å². The van der Waals surface area contributed by atoms with E-state index >= 15 is 0 Å². The summed E-state index contributed by atoms with van der Waals surface area (Å²) in [5.74, 6) is -0.0718. The van der Waals surface area contributed by atoms with Crippen molar-refractivity contribution in [3.8, 4) is 0 Å². The highest BCUT2D eigenvalue weighted by Crippen LogP contribution is 2.17. The summed E-state index contributed by atoms with van der Waals surface area (Å²) in [6.45, 7) is 6.04. The summed E-state index contributed by atoms with van der Waals surface area (Å²) in [4.78, 5) is 14.7. The third kappa shape index (κ3) is 3.61. The Labute approximate surface area is 123 Å². The molecule has 1 atom stereocenters. The zero-order valence-electron chi connectivity index (χ0n) is 12.1. The Hall–Kier alpha value is -1.81. The lowest BCUT2D eigenvalue weighted by molar-refractivity contribution is 0.0940. The predicted octanol–water partition coefficient (Wildman–Crippen LogP) is 3.31. The molecule has 0 bridgehead atoms. The van der Waals surface area contributed by atoms with Gasteiger partial charge in [0.2, 0.25) is 0 Å². The smallest absolute Gasteiger partial charge is 0.251 e. The number of nitrogens with two attached hydrogens (primary N) is 1. The minimum Gasteiger partial charge on any atom is -0.398 e. The monoisotopic (exact) mass is 288 g/mol. The lowest BCUT2D eigenvalue weighted by atomic mass is 10.1. The van der Waals surface area contributed by atoms with Crippen LogP contribution in [0.4, 0.5) is 5.69 Å². The molecule has 0 aliphatic heterocycles. The maximum absolute atomic E-state index is 12.2. The van der Waals surface area contributed by atoms with E-state index < -0.39 is 0 Å². The molecule has 3 nitrogen and oxygen atoms in total. The van der Waals surface area contributed by atoms with Crippen molar-refractivity contribution in [2.45, 2.75) is 33.2 Å². The molecule has 3 N–H and O–H groups in total. The number of nitrogens with one attached hydrogen (secondary N) is 1. The number of thiophene rings is 1. The van der Waals surface area contributed by atoms with Crippen LogP contribution in [0.15, 0.2) is 30.3 Å². The summed E-state index contributed by atoms with van der Waals surface area (Å²) in [6, 6.07) is 9.73. The van der Waals surface area contributed by atoms with Crippen molar-refractivity contribution < 1.29 is 4.79 Å². The van der Waals surface area contributed by atoms with Crippen molar-refractivity contribution in [2.24, 2.45) is 0 Å². The first-order valence-corrected chi connectivity index (χ1v) is 7.49. The summed E-state index contributed by atoms with van der Waals surface area (Å²) < 4.78 is 0. The summed E-state index contributed by atoms with van der Waals surface area (Å²) >= 11 is 1.77. The Bertz CT molecular complexity index is 619. The molecular weight excluding hydrogens is 268 g/mol. The molecule has 1 aromatic heterocycles. The van der Waals surface area contributed by atoms with Gasteiger partial charge in [0.25, 0.3) is 5.91 Å². The fourth-order valence-corrected chi connectivity index (χ4v) is 3.06. The molecule has 0 spiro atoms. The second kappa shape index (κ2) is 6.09. The number of carbonyl (C=O) groups excluding carboxylic acids is 1. The SMILES string of the molecule is Cc1ccc(CC(C)NC(=O)c2ccc(C)c(N)c2)s1. The predicted molar refractivity (Wildman–Crippen MR) is 85.3 cm³/mol. The van der Waals surface area contributed by atoms with Gasteiger partial charge in [0.15, 0.2) is 0 Å². The van der Waals surface area contributed by atoms with Crippen molar-refractivity contribution >= 4 is 22.9 Å². The Morgan fingerprint density at radius 2 is 2.05 bits per heavy atom. The van der Waals surface area contributed by atoms with Crippen molar-refractivity contribution in [2.75, 3.05) is 5.73 Å². The van der Waals surface area contributed by atoms with Crippen LogP contribution >= 0.6 is 11.3 Å². The number of rotatable bonds is 4. The highest BCUT2D eigenvalue weighted by molar-refractivity contribution is 7.11. The van der Waals surface area contributed by atoms with Gasteiger partial charge in [-0.1, -0.05) is 6.07 Å². The van der Waals surface area contributed by atoms with Crippen LogP contribution in [-0.2, 0) is 6.42 Å². The van der Waals surface area contributed by atoms with Crippen LogP contribution in [0, 0.1) is 13.8 Å². The first kappa shape index (κ1) is 14.6. The lowest BCUT2D eigenvalue weighted by Gasteiger charge is -2.13. The number of carbonyl (C=O) groups is 1. The number of nitrogen functional groups attached to an aromatic ring is 1. The molecule has 1 aromatic carbocycles. The molecule has 4 heteroatoms. The Morgan fingerprint density at radius 3 is 2.65 bits per heavy atom. The van der Waals surface area contributed by atoms with Gasteiger partial charge in [-0.25, -0.2) is 0 Å². The average molecular weight is 288 g/mol. The standard InChI is InChI=1S/C16H20N2OS/c1-10-4-6-13(9-15(10)17)16(19)18-11(2)8-14-7-5-12(3)20-14/h4-7,9,11H,8,17H2,1-3H3,(H,18,19). The van der Waals surface area contributed by atoms with Gasteiger partial charge in [0.05, 0.1) is 0 Å². The molecule has 0 aliphatic rings. The van der Waals surface area contributed by atoms with E-state index in [4.69, 9.17) is 5.73 Å². The molecule has 1 unspecified atom stereocenters. The summed E-state index contributed by atoms with van der Waals surface area (Å²) in [7, 11) is 0. The van der Waals surface area contributed by atoms with E-state index in [1.165, 1.54) is 9.75 Å². The number of aryl methyl sites for hydroxylation is 2. The van der Waals surface area contributed by atoms with Crippen LogP contribution < -0.4 is 11.1 Å². The molecule has 2 rings (SSSR count). The van der Waals surface area contributed by atoms with Gasteiger partial charge in [0.1, 0.15) is 0 Å².